The predicted molar refractivity (Wildman–Crippen MR) is 202 cm³/mol. The largest absolute Gasteiger partial charge is 0.374 e. The van der Waals surface area contributed by atoms with E-state index in [9.17, 15) is 4.79 Å². The Kier molecular flexibility index (Phi) is 13.2. The number of fused-ring (bicyclic) bond motifs is 1. The molecule has 2 aromatic heterocycles. The monoisotopic (exact) mass is 731 g/mol. The Morgan fingerprint density at radius 1 is 0.804 bits per heavy atom. The third kappa shape index (κ3) is 10.6. The molecule has 0 saturated heterocycles. The maximum absolute atomic E-state index is 13.3. The number of anilines is 1. The van der Waals surface area contributed by atoms with E-state index < -0.39 is 12.3 Å². The summed E-state index contributed by atoms with van der Waals surface area (Å²) in [6.45, 7) is 8.38. The van der Waals surface area contributed by atoms with Crippen molar-refractivity contribution in [3.8, 4) is 0 Å². The zero-order valence-electron chi connectivity index (χ0n) is 29.8. The molecule has 5 aromatic rings. The van der Waals surface area contributed by atoms with Crippen LogP contribution in [0.2, 0.25) is 0 Å². The van der Waals surface area contributed by atoms with Gasteiger partial charge in [-0.3, -0.25) is 9.32 Å². The summed E-state index contributed by atoms with van der Waals surface area (Å²) in [7, 11) is 0. The van der Waals surface area contributed by atoms with Gasteiger partial charge in [0.15, 0.2) is 17.0 Å². The number of nitrogens with zero attached hydrogens (tertiary/aromatic N) is 4. The molecule has 0 bridgehead atoms. The van der Waals surface area contributed by atoms with Crippen molar-refractivity contribution < 1.29 is 27.8 Å². The molecule has 0 saturated carbocycles. The number of imidazole rings is 1. The fraction of sp³-hybridized carbons (Fsp3) is 0.368. The molecule has 270 valence electrons. The second kappa shape index (κ2) is 17.6. The maximum Gasteiger partial charge on any atom is 0.327 e. The Bertz CT molecular complexity index is 1850. The van der Waals surface area contributed by atoms with Crippen molar-refractivity contribution in [3.05, 3.63) is 120 Å². The molecular weight excluding hydrogens is 685 g/mol. The van der Waals surface area contributed by atoms with Crippen LogP contribution in [0.15, 0.2) is 97.6 Å². The number of aromatic nitrogens is 4. The van der Waals surface area contributed by atoms with Crippen molar-refractivity contribution in [1.29, 1.82) is 0 Å². The molecule has 0 aliphatic heterocycles. The normalized spacial score (nSPS) is 12.3. The second-order valence-corrected chi connectivity index (χ2v) is 16.0. The smallest absolute Gasteiger partial charge is 0.327 e. The van der Waals surface area contributed by atoms with Gasteiger partial charge < -0.3 is 28.4 Å². The molecule has 3 aromatic carbocycles. The molecule has 0 unspecified atom stereocenters. The van der Waals surface area contributed by atoms with Gasteiger partial charge >= 0.3 is 6.72 Å². The Morgan fingerprint density at radius 2 is 1.37 bits per heavy atom. The Hall–Kier alpha value is -3.87. The predicted octanol–water partition coefficient (Wildman–Crippen LogP) is 7.86. The summed E-state index contributed by atoms with van der Waals surface area (Å²) >= 11 is 5.91. The van der Waals surface area contributed by atoms with Crippen LogP contribution in [0.3, 0.4) is 0 Å². The molecule has 0 atom stereocenters. The van der Waals surface area contributed by atoms with Gasteiger partial charge in [0.05, 0.1) is 52.5 Å². The quantitative estimate of drug-likeness (QED) is 0.0893. The molecule has 0 aliphatic carbocycles. The number of amides is 1. The van der Waals surface area contributed by atoms with E-state index in [0.717, 1.165) is 16.7 Å². The summed E-state index contributed by atoms with van der Waals surface area (Å²) in [4.78, 5) is 26.9. The first-order chi connectivity index (χ1) is 24.5. The Labute approximate surface area is 304 Å². The highest BCUT2D eigenvalue weighted by Gasteiger charge is 2.41. The van der Waals surface area contributed by atoms with E-state index in [1.165, 1.54) is 6.33 Å². The van der Waals surface area contributed by atoms with Crippen molar-refractivity contribution in [2.75, 3.05) is 31.7 Å². The van der Waals surface area contributed by atoms with E-state index in [2.05, 4.69) is 41.0 Å². The molecule has 51 heavy (non-hydrogen) atoms. The van der Waals surface area contributed by atoms with Crippen LogP contribution in [0.4, 0.5) is 5.82 Å². The van der Waals surface area contributed by atoms with Gasteiger partial charge in [-0.25, -0.2) is 15.0 Å². The molecule has 1 amide bonds. The van der Waals surface area contributed by atoms with Crippen LogP contribution in [0.1, 0.15) is 61.7 Å². The minimum absolute atomic E-state index is 0.0308. The van der Waals surface area contributed by atoms with Gasteiger partial charge in [0, 0.05) is 5.56 Å². The van der Waals surface area contributed by atoms with E-state index in [1.807, 2.05) is 103 Å². The second-order valence-electron chi connectivity index (χ2n) is 13.1. The van der Waals surface area contributed by atoms with Crippen LogP contribution in [-0.4, -0.2) is 57.5 Å². The molecule has 0 fully saturated rings. The SMILES string of the molecule is CCOP(=S)(OCC)OC(COCc1ccccc1)(COCc1ccccc1)Cn1cnc2c(NC(=O)c3ccc(C(C)(C)C)cc3)ncnc21. The molecule has 0 radical (unpaired) electrons. The summed E-state index contributed by atoms with van der Waals surface area (Å²) in [5.41, 5.74) is 3.29. The van der Waals surface area contributed by atoms with Crippen LogP contribution in [0.25, 0.3) is 11.2 Å². The van der Waals surface area contributed by atoms with Crippen molar-refractivity contribution in [1.82, 2.24) is 19.5 Å². The summed E-state index contributed by atoms with van der Waals surface area (Å²) < 4.78 is 33.2. The molecule has 1 N–H and O–H groups in total. The fourth-order valence-electron chi connectivity index (χ4n) is 5.42. The summed E-state index contributed by atoms with van der Waals surface area (Å²) in [5.74, 6) is -0.0231. The number of nitrogens with one attached hydrogen (secondary N) is 1. The van der Waals surface area contributed by atoms with E-state index in [-0.39, 0.29) is 36.9 Å². The summed E-state index contributed by atoms with van der Waals surface area (Å²) in [6, 6.07) is 27.3. The molecule has 2 heterocycles. The number of benzene rings is 3. The lowest BCUT2D eigenvalue weighted by atomic mass is 9.87. The maximum atomic E-state index is 13.3. The van der Waals surface area contributed by atoms with Crippen molar-refractivity contribution in [3.63, 3.8) is 0 Å². The highest BCUT2D eigenvalue weighted by atomic mass is 32.5. The highest BCUT2D eigenvalue weighted by Crippen LogP contribution is 2.53. The minimum Gasteiger partial charge on any atom is -0.374 e. The number of carbonyl (C=O) groups excluding carboxylic acids is 1. The topological polar surface area (TPSA) is 119 Å². The first-order valence-electron chi connectivity index (χ1n) is 16.9. The Balaban J connectivity index is 1.47. The van der Waals surface area contributed by atoms with E-state index >= 15 is 0 Å². The van der Waals surface area contributed by atoms with Crippen LogP contribution in [-0.2, 0) is 60.0 Å². The average molecular weight is 732 g/mol. The van der Waals surface area contributed by atoms with E-state index in [1.54, 1.807) is 6.33 Å². The first kappa shape index (κ1) is 38.4. The molecule has 0 spiro atoms. The van der Waals surface area contributed by atoms with Gasteiger partial charge in [0.1, 0.15) is 11.9 Å². The fourth-order valence-corrected chi connectivity index (χ4v) is 7.97. The number of carbonyl (C=O) groups is 1. The molecule has 0 aliphatic rings. The van der Waals surface area contributed by atoms with Crippen LogP contribution < -0.4 is 5.32 Å². The number of rotatable bonds is 18. The molecule has 5 rings (SSSR count). The van der Waals surface area contributed by atoms with Crippen LogP contribution >= 0.6 is 6.72 Å². The Morgan fingerprint density at radius 3 is 1.90 bits per heavy atom. The average Bonchev–Trinajstić information content (AvgIpc) is 3.52. The third-order valence-electron chi connectivity index (χ3n) is 7.94. The highest BCUT2D eigenvalue weighted by molar-refractivity contribution is 8.07. The lowest BCUT2D eigenvalue weighted by Crippen LogP contribution is -2.46. The van der Waals surface area contributed by atoms with E-state index in [4.69, 9.17) is 34.9 Å². The molecular formula is C38H46N5O6PS. The van der Waals surface area contributed by atoms with Gasteiger partial charge in [-0.1, -0.05) is 93.6 Å². The summed E-state index contributed by atoms with van der Waals surface area (Å²) in [5, 5.41) is 2.91. The lowest BCUT2D eigenvalue weighted by Gasteiger charge is -2.37. The van der Waals surface area contributed by atoms with E-state index in [0.29, 0.717) is 43.2 Å². The molecule has 13 heteroatoms. The van der Waals surface area contributed by atoms with Gasteiger partial charge in [0.25, 0.3) is 5.91 Å². The standard InChI is InChI=1S/C38H46N5O6PS/c1-6-47-50(51,48-7-2)49-38(25-45-22-29-14-10-8-11-15-29,26-46-23-30-16-12-9-13-17-30)24-43-28-41-33-34(39-27-40-35(33)43)42-36(44)31-18-20-32(21-19-31)37(3,4)5/h8-21,27-28H,6-7,22-26H2,1-5H3,(H,39,40,42,44). The van der Waals surface area contributed by atoms with Gasteiger partial charge in [-0.15, -0.1) is 0 Å². The summed E-state index contributed by atoms with van der Waals surface area (Å²) in [6.07, 6.45) is 3.02. The van der Waals surface area contributed by atoms with Crippen LogP contribution in [0, 0.1) is 0 Å². The van der Waals surface area contributed by atoms with Gasteiger partial charge in [-0.05, 0) is 59.9 Å². The number of hydrogen-bond acceptors (Lipinski definition) is 10. The number of hydrogen-bond donors (Lipinski definition) is 1. The van der Waals surface area contributed by atoms with Crippen molar-refractivity contribution in [2.24, 2.45) is 0 Å². The minimum atomic E-state index is -3.27. The third-order valence-corrected chi connectivity index (χ3v) is 10.6. The zero-order valence-corrected chi connectivity index (χ0v) is 31.5. The zero-order chi connectivity index (χ0) is 36.3. The molecule has 11 nitrogen and oxygen atoms in total. The first-order valence-corrected chi connectivity index (χ1v) is 19.5. The van der Waals surface area contributed by atoms with Crippen LogP contribution in [0.5, 0.6) is 0 Å². The lowest BCUT2D eigenvalue weighted by molar-refractivity contribution is -0.103. The van der Waals surface area contributed by atoms with Crippen molar-refractivity contribution >= 4 is 41.4 Å². The number of ether oxygens (including phenoxy) is 2. The van der Waals surface area contributed by atoms with Gasteiger partial charge in [-0.2, -0.15) is 0 Å². The van der Waals surface area contributed by atoms with Crippen molar-refractivity contribution in [2.45, 2.75) is 65.4 Å². The van der Waals surface area contributed by atoms with Gasteiger partial charge in [0.2, 0.25) is 0 Å².